The highest BCUT2D eigenvalue weighted by Gasteiger charge is 2.39. The molecule has 0 aliphatic carbocycles. The molecule has 0 saturated heterocycles. The first kappa shape index (κ1) is 13.3. The standard InChI is InChI=1S/C10H11F3N2O2/c1-7(2)14(10(11,12)13)8-4-3-5-9(6-8)15(16)17/h3-7H,1-2H3. The molecule has 1 aromatic carbocycles. The van der Waals surface area contributed by atoms with Crippen molar-refractivity contribution in [1.29, 1.82) is 0 Å². The van der Waals surface area contributed by atoms with Gasteiger partial charge in [-0.25, -0.2) is 0 Å². The number of anilines is 1. The number of nitro groups is 1. The van der Waals surface area contributed by atoms with Gasteiger partial charge < -0.3 is 0 Å². The van der Waals surface area contributed by atoms with Crippen molar-refractivity contribution in [2.75, 3.05) is 4.90 Å². The Bertz CT molecular complexity index is 418. The maximum Gasteiger partial charge on any atom is 0.485 e. The third-order valence-corrected chi connectivity index (χ3v) is 2.11. The van der Waals surface area contributed by atoms with Crippen LogP contribution in [0.4, 0.5) is 24.5 Å². The summed E-state index contributed by atoms with van der Waals surface area (Å²) in [6.07, 6.45) is -4.57. The molecule has 1 aromatic rings. The quantitative estimate of drug-likeness (QED) is 0.468. The molecule has 0 radical (unpaired) electrons. The first-order valence-corrected chi connectivity index (χ1v) is 4.84. The predicted octanol–water partition coefficient (Wildman–Crippen LogP) is 3.33. The van der Waals surface area contributed by atoms with Crippen LogP contribution in [-0.2, 0) is 0 Å². The van der Waals surface area contributed by atoms with Crippen LogP contribution in [0.5, 0.6) is 0 Å². The van der Waals surface area contributed by atoms with Gasteiger partial charge in [-0.3, -0.25) is 15.0 Å². The fourth-order valence-corrected chi connectivity index (χ4v) is 1.49. The van der Waals surface area contributed by atoms with E-state index in [4.69, 9.17) is 0 Å². The maximum absolute atomic E-state index is 12.7. The van der Waals surface area contributed by atoms with Crippen molar-refractivity contribution in [3.63, 3.8) is 0 Å². The molecule has 0 aliphatic heterocycles. The van der Waals surface area contributed by atoms with E-state index in [0.717, 1.165) is 12.1 Å². The number of nitro benzene ring substituents is 1. The van der Waals surface area contributed by atoms with Crippen LogP contribution < -0.4 is 4.90 Å². The average molecular weight is 248 g/mol. The van der Waals surface area contributed by atoms with Gasteiger partial charge in [-0.1, -0.05) is 6.07 Å². The molecule has 0 saturated carbocycles. The number of alkyl halides is 3. The molecular weight excluding hydrogens is 237 g/mol. The molecule has 0 amide bonds. The fourth-order valence-electron chi connectivity index (χ4n) is 1.49. The molecular formula is C10H11F3N2O2. The first-order chi connectivity index (χ1) is 7.73. The molecule has 0 unspecified atom stereocenters. The van der Waals surface area contributed by atoms with Gasteiger partial charge in [-0.15, -0.1) is 0 Å². The summed E-state index contributed by atoms with van der Waals surface area (Å²) < 4.78 is 38.2. The van der Waals surface area contributed by atoms with Gasteiger partial charge in [0.25, 0.3) is 5.69 Å². The van der Waals surface area contributed by atoms with Crippen LogP contribution in [0.2, 0.25) is 0 Å². The lowest BCUT2D eigenvalue weighted by molar-refractivity contribution is -0.384. The van der Waals surface area contributed by atoms with Crippen LogP contribution in [0.15, 0.2) is 24.3 Å². The fraction of sp³-hybridized carbons (Fsp3) is 0.400. The third-order valence-electron chi connectivity index (χ3n) is 2.11. The number of hydrogen-bond acceptors (Lipinski definition) is 3. The molecule has 4 nitrogen and oxygen atoms in total. The van der Waals surface area contributed by atoms with E-state index in [1.165, 1.54) is 26.0 Å². The summed E-state index contributed by atoms with van der Waals surface area (Å²) in [6.45, 7) is 2.73. The van der Waals surface area contributed by atoms with Crippen LogP contribution in [0.25, 0.3) is 0 Å². The van der Waals surface area contributed by atoms with Crippen LogP contribution in [0, 0.1) is 10.1 Å². The van der Waals surface area contributed by atoms with Crippen LogP contribution >= 0.6 is 0 Å². The van der Waals surface area contributed by atoms with Gasteiger partial charge in [-0.05, 0) is 19.9 Å². The largest absolute Gasteiger partial charge is 0.485 e. The normalized spacial score (nSPS) is 11.6. The molecule has 17 heavy (non-hydrogen) atoms. The Labute approximate surface area is 95.8 Å². The molecule has 7 heteroatoms. The third kappa shape index (κ3) is 3.08. The van der Waals surface area contributed by atoms with E-state index >= 15 is 0 Å². The van der Waals surface area contributed by atoms with Gasteiger partial charge in [0.1, 0.15) is 0 Å². The van der Waals surface area contributed by atoms with E-state index in [-0.39, 0.29) is 16.3 Å². The lowest BCUT2D eigenvalue weighted by Gasteiger charge is -2.30. The van der Waals surface area contributed by atoms with E-state index < -0.39 is 17.3 Å². The van der Waals surface area contributed by atoms with Crippen molar-refractivity contribution in [2.24, 2.45) is 0 Å². The lowest BCUT2D eigenvalue weighted by Crippen LogP contribution is -2.43. The summed E-state index contributed by atoms with van der Waals surface area (Å²) in [5.41, 5.74) is -0.598. The number of non-ortho nitro benzene ring substituents is 1. The molecule has 0 bridgehead atoms. The highest BCUT2D eigenvalue weighted by molar-refractivity contribution is 5.54. The van der Waals surface area contributed by atoms with Crippen LogP contribution in [-0.4, -0.2) is 17.3 Å². The molecule has 0 aliphatic rings. The Balaban J connectivity index is 3.20. The molecule has 0 aromatic heterocycles. The van der Waals surface area contributed by atoms with E-state index in [1.54, 1.807) is 0 Å². The molecule has 0 N–H and O–H groups in total. The molecule has 1 rings (SSSR count). The van der Waals surface area contributed by atoms with Crippen molar-refractivity contribution >= 4 is 11.4 Å². The number of nitrogens with zero attached hydrogens (tertiary/aromatic N) is 2. The Morgan fingerprint density at radius 2 is 1.94 bits per heavy atom. The summed E-state index contributed by atoms with van der Waals surface area (Å²) in [5.74, 6) is 0. The van der Waals surface area contributed by atoms with Gasteiger partial charge in [0.05, 0.1) is 10.6 Å². The van der Waals surface area contributed by atoms with E-state index in [2.05, 4.69) is 0 Å². The summed E-state index contributed by atoms with van der Waals surface area (Å²) >= 11 is 0. The SMILES string of the molecule is CC(C)N(c1cccc([N+](=O)[O-])c1)C(F)(F)F. The zero-order chi connectivity index (χ0) is 13.2. The molecule has 0 spiro atoms. The predicted molar refractivity (Wildman–Crippen MR) is 56.8 cm³/mol. The number of benzene rings is 1. The Kier molecular flexibility index (Phi) is 3.59. The molecule has 94 valence electrons. The lowest BCUT2D eigenvalue weighted by atomic mass is 10.2. The molecule has 0 fully saturated rings. The number of halogens is 3. The van der Waals surface area contributed by atoms with Gasteiger partial charge in [0.2, 0.25) is 0 Å². The average Bonchev–Trinajstić information content (AvgIpc) is 2.15. The van der Waals surface area contributed by atoms with Gasteiger partial charge in [0.15, 0.2) is 0 Å². The van der Waals surface area contributed by atoms with Gasteiger partial charge in [-0.2, -0.15) is 13.2 Å². The van der Waals surface area contributed by atoms with E-state index in [0.29, 0.717) is 0 Å². The summed E-state index contributed by atoms with van der Waals surface area (Å²) in [7, 11) is 0. The minimum absolute atomic E-state index is 0.181. The topological polar surface area (TPSA) is 46.4 Å². The summed E-state index contributed by atoms with van der Waals surface area (Å²) in [6, 6.07) is 3.65. The number of hydrogen-bond donors (Lipinski definition) is 0. The van der Waals surface area contributed by atoms with Crippen molar-refractivity contribution in [2.45, 2.75) is 26.2 Å². The maximum atomic E-state index is 12.7. The highest BCUT2D eigenvalue weighted by atomic mass is 19.4. The minimum atomic E-state index is -4.57. The van der Waals surface area contributed by atoms with Crippen molar-refractivity contribution in [3.8, 4) is 0 Å². The number of rotatable bonds is 3. The Morgan fingerprint density at radius 3 is 2.35 bits per heavy atom. The van der Waals surface area contributed by atoms with Gasteiger partial charge >= 0.3 is 6.30 Å². The van der Waals surface area contributed by atoms with Crippen molar-refractivity contribution in [3.05, 3.63) is 34.4 Å². The van der Waals surface area contributed by atoms with Crippen LogP contribution in [0.3, 0.4) is 0 Å². The summed E-state index contributed by atoms with van der Waals surface area (Å²) in [5, 5.41) is 10.5. The highest BCUT2D eigenvalue weighted by Crippen LogP contribution is 2.32. The Morgan fingerprint density at radius 1 is 1.35 bits per heavy atom. The van der Waals surface area contributed by atoms with E-state index in [9.17, 15) is 23.3 Å². The summed E-state index contributed by atoms with van der Waals surface area (Å²) in [4.78, 5) is 9.96. The Hall–Kier alpha value is -1.79. The molecule has 0 atom stereocenters. The second-order valence-electron chi connectivity index (χ2n) is 3.71. The van der Waals surface area contributed by atoms with E-state index in [1.807, 2.05) is 0 Å². The second-order valence-corrected chi connectivity index (χ2v) is 3.71. The smallest absolute Gasteiger partial charge is 0.281 e. The molecule has 0 heterocycles. The first-order valence-electron chi connectivity index (χ1n) is 4.84. The van der Waals surface area contributed by atoms with Gasteiger partial charge in [0, 0.05) is 18.2 Å². The zero-order valence-corrected chi connectivity index (χ0v) is 9.23. The minimum Gasteiger partial charge on any atom is -0.281 e. The second kappa shape index (κ2) is 4.60. The monoisotopic (exact) mass is 248 g/mol. The van der Waals surface area contributed by atoms with Crippen molar-refractivity contribution in [1.82, 2.24) is 0 Å². The zero-order valence-electron chi connectivity index (χ0n) is 9.23. The van der Waals surface area contributed by atoms with Crippen LogP contribution in [0.1, 0.15) is 13.8 Å². The van der Waals surface area contributed by atoms with Crippen molar-refractivity contribution < 1.29 is 18.1 Å².